The Morgan fingerprint density at radius 3 is 2.92 bits per heavy atom. The van der Waals surface area contributed by atoms with Crippen molar-refractivity contribution in [1.29, 1.82) is 0 Å². The molecule has 0 bridgehead atoms. The van der Waals surface area contributed by atoms with E-state index in [1.165, 1.54) is 5.56 Å². The van der Waals surface area contributed by atoms with Crippen LogP contribution in [0.4, 0.5) is 0 Å². The highest BCUT2D eigenvalue weighted by molar-refractivity contribution is 5.37. The fraction of sp³-hybridized carbons (Fsp3) is 0.455. The lowest BCUT2D eigenvalue weighted by Crippen LogP contribution is -2.37. The van der Waals surface area contributed by atoms with Gasteiger partial charge in [-0.15, -0.1) is 0 Å². The van der Waals surface area contributed by atoms with Gasteiger partial charge in [0.05, 0.1) is 0 Å². The Morgan fingerprint density at radius 1 is 1.46 bits per heavy atom. The van der Waals surface area contributed by atoms with E-state index in [1.54, 1.807) is 0 Å². The Labute approximate surface area is 78.9 Å². The Morgan fingerprint density at radius 2 is 2.23 bits per heavy atom. The number of hydrogen-bond donors (Lipinski definition) is 1. The second-order valence-corrected chi connectivity index (χ2v) is 3.55. The smallest absolute Gasteiger partial charge is 0.123 e. The molecular weight excluding hydrogens is 162 g/mol. The van der Waals surface area contributed by atoms with Crippen molar-refractivity contribution < 1.29 is 4.74 Å². The van der Waals surface area contributed by atoms with Gasteiger partial charge in [0.2, 0.25) is 0 Å². The highest BCUT2D eigenvalue weighted by atomic mass is 16.5. The molecule has 0 spiro atoms. The van der Waals surface area contributed by atoms with E-state index in [-0.39, 0.29) is 0 Å². The molecule has 0 unspecified atom stereocenters. The molecule has 0 aromatic heterocycles. The summed E-state index contributed by atoms with van der Waals surface area (Å²) in [5.41, 5.74) is 1.33. The molecule has 0 amide bonds. The van der Waals surface area contributed by atoms with Gasteiger partial charge in [-0.3, -0.25) is 0 Å². The Bertz CT molecular complexity index is 273. The summed E-state index contributed by atoms with van der Waals surface area (Å²) in [7, 11) is 1.97. The highest BCUT2D eigenvalue weighted by Crippen LogP contribution is 2.29. The van der Waals surface area contributed by atoms with E-state index in [1.807, 2.05) is 19.2 Å². The minimum Gasteiger partial charge on any atom is -0.488 e. The number of fused-ring (bicyclic) bond motifs is 1. The molecule has 0 aliphatic carbocycles. The van der Waals surface area contributed by atoms with Gasteiger partial charge in [0, 0.05) is 12.5 Å². The largest absolute Gasteiger partial charge is 0.488 e. The van der Waals surface area contributed by atoms with Gasteiger partial charge in [-0.25, -0.2) is 0 Å². The molecule has 1 N–H and O–H groups in total. The van der Waals surface area contributed by atoms with E-state index in [4.69, 9.17) is 4.74 Å². The van der Waals surface area contributed by atoms with Crippen LogP contribution < -0.4 is 10.1 Å². The molecule has 1 heterocycles. The number of benzene rings is 1. The van der Waals surface area contributed by atoms with Crippen molar-refractivity contribution in [3.63, 3.8) is 0 Å². The maximum atomic E-state index is 5.80. The van der Waals surface area contributed by atoms with Crippen molar-refractivity contribution in [1.82, 2.24) is 5.32 Å². The van der Waals surface area contributed by atoms with Crippen LogP contribution in [0.3, 0.4) is 0 Å². The normalized spacial score (nSPS) is 22.2. The van der Waals surface area contributed by atoms with Crippen molar-refractivity contribution in [2.75, 3.05) is 7.05 Å². The predicted octanol–water partition coefficient (Wildman–Crippen LogP) is 1.60. The number of hydrogen-bond acceptors (Lipinski definition) is 2. The third-order valence-electron chi connectivity index (χ3n) is 2.69. The summed E-state index contributed by atoms with van der Waals surface area (Å²) in [6, 6.07) is 8.67. The van der Waals surface area contributed by atoms with Gasteiger partial charge >= 0.3 is 0 Å². The minimum atomic E-state index is 0.294. The fourth-order valence-electron chi connectivity index (χ4n) is 1.67. The van der Waals surface area contributed by atoms with Crippen LogP contribution in [-0.4, -0.2) is 19.2 Å². The van der Waals surface area contributed by atoms with E-state index in [2.05, 4.69) is 24.4 Å². The molecule has 1 aromatic rings. The lowest BCUT2D eigenvalue weighted by atomic mass is 10.1. The van der Waals surface area contributed by atoms with Gasteiger partial charge in [-0.1, -0.05) is 18.2 Å². The molecule has 0 saturated carbocycles. The van der Waals surface area contributed by atoms with Gasteiger partial charge in [-0.05, 0) is 25.6 Å². The number of likely N-dealkylation sites (N-methyl/N-ethyl adjacent to an activating group) is 1. The summed E-state index contributed by atoms with van der Waals surface area (Å²) in [5.74, 6) is 1.05. The van der Waals surface area contributed by atoms with Crippen molar-refractivity contribution in [2.24, 2.45) is 0 Å². The molecule has 13 heavy (non-hydrogen) atoms. The molecule has 2 nitrogen and oxygen atoms in total. The van der Waals surface area contributed by atoms with Crippen LogP contribution in [0.25, 0.3) is 0 Å². The van der Waals surface area contributed by atoms with Gasteiger partial charge in [0.15, 0.2) is 0 Å². The van der Waals surface area contributed by atoms with E-state index in [0.29, 0.717) is 12.1 Å². The first-order valence-electron chi connectivity index (χ1n) is 4.73. The van der Waals surface area contributed by atoms with Crippen LogP contribution in [0, 0.1) is 0 Å². The van der Waals surface area contributed by atoms with Crippen molar-refractivity contribution in [3.05, 3.63) is 29.8 Å². The Kier molecular flexibility index (Phi) is 2.23. The fourth-order valence-corrected chi connectivity index (χ4v) is 1.67. The molecule has 0 saturated heterocycles. The SMILES string of the molecule is CN[C@@H](C)[C@H]1Cc2ccccc2O1. The maximum absolute atomic E-state index is 5.80. The molecule has 70 valence electrons. The van der Waals surface area contributed by atoms with Crippen molar-refractivity contribution in [3.8, 4) is 5.75 Å². The summed E-state index contributed by atoms with van der Waals surface area (Å²) in [6.07, 6.45) is 1.32. The summed E-state index contributed by atoms with van der Waals surface area (Å²) in [5, 5.41) is 3.22. The van der Waals surface area contributed by atoms with Crippen LogP contribution in [0.5, 0.6) is 5.75 Å². The lowest BCUT2D eigenvalue weighted by molar-refractivity contribution is 0.191. The molecule has 0 fully saturated rings. The monoisotopic (exact) mass is 177 g/mol. The molecule has 2 atom stereocenters. The van der Waals surface area contributed by atoms with Gasteiger partial charge in [-0.2, -0.15) is 0 Å². The van der Waals surface area contributed by atoms with Crippen LogP contribution in [0.15, 0.2) is 24.3 Å². The minimum absolute atomic E-state index is 0.294. The first kappa shape index (κ1) is 8.57. The second-order valence-electron chi connectivity index (χ2n) is 3.55. The zero-order valence-electron chi connectivity index (χ0n) is 8.08. The number of nitrogens with one attached hydrogen (secondary N) is 1. The molecule has 1 aliphatic heterocycles. The Balaban J connectivity index is 2.14. The van der Waals surface area contributed by atoms with E-state index < -0.39 is 0 Å². The lowest BCUT2D eigenvalue weighted by Gasteiger charge is -2.17. The van der Waals surface area contributed by atoms with Gasteiger partial charge < -0.3 is 10.1 Å². The van der Waals surface area contributed by atoms with E-state index in [0.717, 1.165) is 12.2 Å². The zero-order valence-corrected chi connectivity index (χ0v) is 8.08. The van der Waals surface area contributed by atoms with Gasteiger partial charge in [0.25, 0.3) is 0 Å². The molecule has 2 heteroatoms. The quantitative estimate of drug-likeness (QED) is 0.740. The number of para-hydroxylation sites is 1. The first-order chi connectivity index (χ1) is 6.31. The van der Waals surface area contributed by atoms with E-state index >= 15 is 0 Å². The van der Waals surface area contributed by atoms with E-state index in [9.17, 15) is 0 Å². The number of rotatable bonds is 2. The highest BCUT2D eigenvalue weighted by Gasteiger charge is 2.26. The van der Waals surface area contributed by atoms with Crippen molar-refractivity contribution in [2.45, 2.75) is 25.5 Å². The molecule has 0 radical (unpaired) electrons. The average Bonchev–Trinajstić information content (AvgIpc) is 2.59. The number of ether oxygens (including phenoxy) is 1. The standard InChI is InChI=1S/C11H15NO/c1-8(12-2)11-7-9-5-3-4-6-10(9)13-11/h3-6,8,11-12H,7H2,1-2H3/t8-,11+/m0/s1. The molecule has 1 aromatic carbocycles. The molecule has 2 rings (SSSR count). The molecule has 1 aliphatic rings. The first-order valence-corrected chi connectivity index (χ1v) is 4.73. The topological polar surface area (TPSA) is 21.3 Å². The maximum Gasteiger partial charge on any atom is 0.123 e. The third-order valence-corrected chi connectivity index (χ3v) is 2.69. The summed E-state index contributed by atoms with van der Waals surface area (Å²) >= 11 is 0. The zero-order chi connectivity index (χ0) is 9.26. The third kappa shape index (κ3) is 1.54. The second kappa shape index (κ2) is 3.38. The predicted molar refractivity (Wildman–Crippen MR) is 53.1 cm³/mol. The van der Waals surface area contributed by atoms with Crippen LogP contribution in [0.2, 0.25) is 0 Å². The van der Waals surface area contributed by atoms with Crippen LogP contribution in [-0.2, 0) is 6.42 Å². The average molecular weight is 177 g/mol. The molecular formula is C11H15NO. The summed E-state index contributed by atoms with van der Waals surface area (Å²) in [6.45, 7) is 2.15. The Hall–Kier alpha value is -1.02. The van der Waals surface area contributed by atoms with Crippen LogP contribution in [0.1, 0.15) is 12.5 Å². The summed E-state index contributed by atoms with van der Waals surface area (Å²) < 4.78 is 5.80. The summed E-state index contributed by atoms with van der Waals surface area (Å²) in [4.78, 5) is 0. The van der Waals surface area contributed by atoms with Crippen molar-refractivity contribution >= 4 is 0 Å². The van der Waals surface area contributed by atoms with Crippen LogP contribution >= 0.6 is 0 Å². The van der Waals surface area contributed by atoms with Gasteiger partial charge in [0.1, 0.15) is 11.9 Å².